The minimum Gasteiger partial charge on any atom is -0.398 e. The Morgan fingerprint density at radius 2 is 1.95 bits per heavy atom. The molecule has 0 aliphatic heterocycles. The van der Waals surface area contributed by atoms with Crippen molar-refractivity contribution >= 4 is 5.69 Å². The predicted molar refractivity (Wildman–Crippen MR) is 79.0 cm³/mol. The second-order valence-corrected chi connectivity index (χ2v) is 4.96. The molecular formula is C16H14FN3O. The van der Waals surface area contributed by atoms with Gasteiger partial charge in [0.05, 0.1) is 0 Å². The van der Waals surface area contributed by atoms with Gasteiger partial charge in [-0.2, -0.15) is 4.98 Å². The summed E-state index contributed by atoms with van der Waals surface area (Å²) in [5.41, 5.74) is 9.58. The molecule has 0 saturated carbocycles. The molecule has 0 fully saturated rings. The molecule has 0 unspecified atom stereocenters. The van der Waals surface area contributed by atoms with E-state index in [2.05, 4.69) is 10.1 Å². The van der Waals surface area contributed by atoms with E-state index in [1.54, 1.807) is 0 Å². The fourth-order valence-corrected chi connectivity index (χ4v) is 2.20. The van der Waals surface area contributed by atoms with Crippen LogP contribution in [-0.4, -0.2) is 10.1 Å². The number of halogens is 1. The van der Waals surface area contributed by atoms with Gasteiger partial charge in [-0.3, -0.25) is 0 Å². The lowest BCUT2D eigenvalue weighted by Gasteiger charge is -2.03. The van der Waals surface area contributed by atoms with Gasteiger partial charge < -0.3 is 10.3 Å². The fraction of sp³-hybridized carbons (Fsp3) is 0.125. The zero-order valence-electron chi connectivity index (χ0n) is 11.7. The lowest BCUT2D eigenvalue weighted by Crippen LogP contribution is -1.92. The van der Waals surface area contributed by atoms with Gasteiger partial charge in [0.25, 0.3) is 5.89 Å². The monoisotopic (exact) mass is 283 g/mol. The van der Waals surface area contributed by atoms with Crippen molar-refractivity contribution in [3.8, 4) is 22.8 Å². The Hall–Kier alpha value is -2.69. The van der Waals surface area contributed by atoms with E-state index in [0.717, 1.165) is 16.7 Å². The van der Waals surface area contributed by atoms with Crippen molar-refractivity contribution in [2.45, 2.75) is 13.8 Å². The SMILES string of the molecule is Cc1cc(F)cc(-c2noc(-c3cccc(N)c3C)n2)c1. The largest absolute Gasteiger partial charge is 0.398 e. The highest BCUT2D eigenvalue weighted by Crippen LogP contribution is 2.28. The first-order chi connectivity index (χ1) is 10.0. The topological polar surface area (TPSA) is 64.9 Å². The van der Waals surface area contributed by atoms with Crippen molar-refractivity contribution in [2.24, 2.45) is 0 Å². The number of benzene rings is 2. The molecule has 1 heterocycles. The van der Waals surface area contributed by atoms with Crippen molar-refractivity contribution in [2.75, 3.05) is 5.73 Å². The van der Waals surface area contributed by atoms with Crippen LogP contribution in [0.4, 0.5) is 10.1 Å². The molecule has 106 valence electrons. The summed E-state index contributed by atoms with van der Waals surface area (Å²) in [5, 5.41) is 3.92. The third kappa shape index (κ3) is 2.50. The summed E-state index contributed by atoms with van der Waals surface area (Å²) in [7, 11) is 0. The van der Waals surface area contributed by atoms with E-state index in [9.17, 15) is 4.39 Å². The van der Waals surface area contributed by atoms with Gasteiger partial charge in [0.2, 0.25) is 5.82 Å². The number of hydrogen-bond acceptors (Lipinski definition) is 4. The van der Waals surface area contributed by atoms with Crippen LogP contribution < -0.4 is 5.73 Å². The van der Waals surface area contributed by atoms with E-state index >= 15 is 0 Å². The fourth-order valence-electron chi connectivity index (χ4n) is 2.20. The van der Waals surface area contributed by atoms with E-state index in [-0.39, 0.29) is 5.82 Å². The van der Waals surface area contributed by atoms with Crippen molar-refractivity contribution in [3.63, 3.8) is 0 Å². The van der Waals surface area contributed by atoms with E-state index in [1.165, 1.54) is 12.1 Å². The number of aryl methyl sites for hydroxylation is 1. The smallest absolute Gasteiger partial charge is 0.258 e. The standard InChI is InChI=1S/C16H14FN3O/c1-9-6-11(8-12(17)7-9)15-19-16(21-20-15)13-4-3-5-14(18)10(13)2/h3-8H,18H2,1-2H3. The van der Waals surface area contributed by atoms with E-state index in [4.69, 9.17) is 10.3 Å². The zero-order chi connectivity index (χ0) is 15.0. The third-order valence-electron chi connectivity index (χ3n) is 3.33. The number of nitrogen functional groups attached to an aromatic ring is 1. The van der Waals surface area contributed by atoms with Gasteiger partial charge in [0.15, 0.2) is 0 Å². The van der Waals surface area contributed by atoms with Crippen LogP contribution in [0, 0.1) is 19.7 Å². The van der Waals surface area contributed by atoms with Gasteiger partial charge in [-0.1, -0.05) is 11.2 Å². The summed E-state index contributed by atoms with van der Waals surface area (Å²) >= 11 is 0. The molecule has 4 nitrogen and oxygen atoms in total. The second-order valence-electron chi connectivity index (χ2n) is 4.96. The lowest BCUT2D eigenvalue weighted by molar-refractivity contribution is 0.432. The third-order valence-corrected chi connectivity index (χ3v) is 3.33. The molecule has 0 amide bonds. The number of nitrogens with two attached hydrogens (primary N) is 1. The number of anilines is 1. The van der Waals surface area contributed by atoms with Crippen molar-refractivity contribution in [1.82, 2.24) is 10.1 Å². The van der Waals surface area contributed by atoms with Crippen LogP contribution in [0.5, 0.6) is 0 Å². The number of hydrogen-bond donors (Lipinski definition) is 1. The Morgan fingerprint density at radius 3 is 2.71 bits per heavy atom. The molecule has 1 aromatic heterocycles. The van der Waals surface area contributed by atoms with Crippen LogP contribution in [0.25, 0.3) is 22.8 Å². The molecule has 0 spiro atoms. The van der Waals surface area contributed by atoms with Crippen molar-refractivity contribution in [3.05, 3.63) is 53.3 Å². The highest BCUT2D eigenvalue weighted by atomic mass is 19.1. The normalized spacial score (nSPS) is 10.8. The first-order valence-corrected chi connectivity index (χ1v) is 6.51. The zero-order valence-corrected chi connectivity index (χ0v) is 11.7. The maximum absolute atomic E-state index is 13.5. The summed E-state index contributed by atoms with van der Waals surface area (Å²) in [5.74, 6) is 0.405. The van der Waals surface area contributed by atoms with Gasteiger partial charge in [0.1, 0.15) is 5.82 Å². The molecule has 0 radical (unpaired) electrons. The summed E-state index contributed by atoms with van der Waals surface area (Å²) in [6.45, 7) is 3.70. The van der Waals surface area contributed by atoms with E-state index < -0.39 is 0 Å². The Morgan fingerprint density at radius 1 is 1.14 bits per heavy atom. The molecule has 0 bridgehead atoms. The quantitative estimate of drug-likeness (QED) is 0.727. The van der Waals surface area contributed by atoms with Gasteiger partial charge in [-0.05, 0) is 55.3 Å². The highest BCUT2D eigenvalue weighted by Gasteiger charge is 2.14. The minimum atomic E-state index is -0.323. The maximum atomic E-state index is 13.5. The first-order valence-electron chi connectivity index (χ1n) is 6.51. The van der Waals surface area contributed by atoms with Gasteiger partial charge in [0, 0.05) is 16.8 Å². The van der Waals surface area contributed by atoms with Gasteiger partial charge >= 0.3 is 0 Å². The molecule has 2 aromatic carbocycles. The molecule has 0 aliphatic carbocycles. The maximum Gasteiger partial charge on any atom is 0.258 e. The predicted octanol–water partition coefficient (Wildman–Crippen LogP) is 3.74. The molecule has 5 heteroatoms. The summed E-state index contributed by atoms with van der Waals surface area (Å²) in [6, 6.07) is 10.1. The Kier molecular flexibility index (Phi) is 3.17. The van der Waals surface area contributed by atoms with Crippen LogP contribution >= 0.6 is 0 Å². The summed E-state index contributed by atoms with van der Waals surface area (Å²) in [6.07, 6.45) is 0. The Bertz CT molecular complexity index is 791. The minimum absolute atomic E-state index is 0.323. The molecular weight excluding hydrogens is 269 g/mol. The van der Waals surface area contributed by atoms with Crippen LogP contribution in [0.2, 0.25) is 0 Å². The molecule has 3 aromatic rings. The number of aromatic nitrogens is 2. The van der Waals surface area contributed by atoms with Crippen molar-refractivity contribution in [1.29, 1.82) is 0 Å². The highest BCUT2D eigenvalue weighted by molar-refractivity contribution is 5.68. The average molecular weight is 283 g/mol. The molecule has 3 rings (SSSR count). The van der Waals surface area contributed by atoms with Gasteiger partial charge in [-0.15, -0.1) is 0 Å². The lowest BCUT2D eigenvalue weighted by atomic mass is 10.1. The first kappa shape index (κ1) is 13.3. The molecule has 0 aliphatic rings. The van der Waals surface area contributed by atoms with Crippen LogP contribution in [0.1, 0.15) is 11.1 Å². The molecule has 0 saturated heterocycles. The number of rotatable bonds is 2. The Labute approximate surface area is 121 Å². The van der Waals surface area contributed by atoms with E-state index in [1.807, 2.05) is 38.1 Å². The van der Waals surface area contributed by atoms with Crippen LogP contribution in [-0.2, 0) is 0 Å². The molecule has 21 heavy (non-hydrogen) atoms. The molecule has 2 N–H and O–H groups in total. The summed E-state index contributed by atoms with van der Waals surface area (Å²) < 4.78 is 18.7. The Balaban J connectivity index is 2.06. The summed E-state index contributed by atoms with van der Waals surface area (Å²) in [4.78, 5) is 4.33. The van der Waals surface area contributed by atoms with Crippen molar-refractivity contribution < 1.29 is 8.91 Å². The van der Waals surface area contributed by atoms with E-state index in [0.29, 0.717) is 23.0 Å². The van der Waals surface area contributed by atoms with Crippen LogP contribution in [0.3, 0.4) is 0 Å². The average Bonchev–Trinajstić information content (AvgIpc) is 2.90. The van der Waals surface area contributed by atoms with Gasteiger partial charge in [-0.25, -0.2) is 4.39 Å². The number of nitrogens with zero attached hydrogens (tertiary/aromatic N) is 2. The molecule has 0 atom stereocenters. The second kappa shape index (κ2) is 5.01. The van der Waals surface area contributed by atoms with Crippen LogP contribution in [0.15, 0.2) is 40.9 Å².